The van der Waals surface area contributed by atoms with E-state index in [1.807, 2.05) is 66.7 Å². The maximum atomic E-state index is 12.5. The number of hydrogen-bond donors (Lipinski definition) is 2. The van der Waals surface area contributed by atoms with Gasteiger partial charge in [0, 0.05) is 26.2 Å². The molecule has 0 fully saturated rings. The molecule has 0 heterocycles. The van der Waals surface area contributed by atoms with E-state index in [4.69, 9.17) is 4.74 Å². The molecular formula is C28H33N3O3. The van der Waals surface area contributed by atoms with Crippen molar-refractivity contribution >= 4 is 23.2 Å². The average Bonchev–Trinajstić information content (AvgIpc) is 2.86. The predicted octanol–water partition coefficient (Wildman–Crippen LogP) is 4.77. The second-order valence-corrected chi connectivity index (χ2v) is 8.32. The number of anilines is 2. The molecule has 178 valence electrons. The number of rotatable bonds is 12. The van der Waals surface area contributed by atoms with Gasteiger partial charge in [0.25, 0.3) is 0 Å². The van der Waals surface area contributed by atoms with Gasteiger partial charge >= 0.3 is 0 Å². The lowest BCUT2D eigenvalue weighted by Crippen LogP contribution is -2.22. The summed E-state index contributed by atoms with van der Waals surface area (Å²) < 4.78 is 5.93. The first-order chi connectivity index (χ1) is 16.5. The van der Waals surface area contributed by atoms with Gasteiger partial charge in [0.15, 0.2) is 0 Å². The van der Waals surface area contributed by atoms with Crippen molar-refractivity contribution in [3.63, 3.8) is 0 Å². The third-order valence-electron chi connectivity index (χ3n) is 5.40. The summed E-state index contributed by atoms with van der Waals surface area (Å²) in [4.78, 5) is 25.8. The van der Waals surface area contributed by atoms with Crippen molar-refractivity contribution in [2.75, 3.05) is 37.9 Å². The fourth-order valence-corrected chi connectivity index (χ4v) is 3.44. The Morgan fingerprint density at radius 3 is 2.24 bits per heavy atom. The molecule has 0 radical (unpaired) electrons. The van der Waals surface area contributed by atoms with Crippen LogP contribution in [0.2, 0.25) is 0 Å². The number of carbonyl (C=O) groups excluding carboxylic acids is 2. The second kappa shape index (κ2) is 13.0. The van der Waals surface area contributed by atoms with Gasteiger partial charge in [0.1, 0.15) is 5.75 Å². The number of ether oxygens (including phenoxy) is 1. The Kier molecular flexibility index (Phi) is 9.52. The molecule has 0 aliphatic rings. The molecule has 3 aromatic rings. The molecule has 0 saturated carbocycles. The van der Waals surface area contributed by atoms with Crippen LogP contribution >= 0.6 is 0 Å². The maximum Gasteiger partial charge on any atom is 0.243 e. The summed E-state index contributed by atoms with van der Waals surface area (Å²) in [5.74, 6) is 0.626. The Bertz CT molecular complexity index is 1050. The highest BCUT2D eigenvalue weighted by Gasteiger charge is 2.08. The number of aryl methyl sites for hydroxylation is 2. The van der Waals surface area contributed by atoms with E-state index in [2.05, 4.69) is 22.8 Å². The van der Waals surface area contributed by atoms with Crippen LogP contribution in [0.1, 0.15) is 24.0 Å². The van der Waals surface area contributed by atoms with Crippen LogP contribution in [0.3, 0.4) is 0 Å². The van der Waals surface area contributed by atoms with Gasteiger partial charge in [0.05, 0.1) is 18.8 Å². The molecule has 0 aromatic heterocycles. The Hall–Kier alpha value is -3.80. The Labute approximate surface area is 201 Å². The number of hydrogen-bond acceptors (Lipinski definition) is 4. The number of para-hydroxylation sites is 2. The molecule has 2 N–H and O–H groups in total. The quantitative estimate of drug-likeness (QED) is 0.383. The van der Waals surface area contributed by atoms with Gasteiger partial charge in [0.2, 0.25) is 11.8 Å². The van der Waals surface area contributed by atoms with Crippen molar-refractivity contribution in [2.45, 2.75) is 25.7 Å². The highest BCUT2D eigenvalue weighted by Crippen LogP contribution is 2.24. The zero-order valence-corrected chi connectivity index (χ0v) is 19.9. The van der Waals surface area contributed by atoms with E-state index in [1.54, 1.807) is 19.0 Å². The summed E-state index contributed by atoms with van der Waals surface area (Å²) in [5, 5.41) is 6.06. The lowest BCUT2D eigenvalue weighted by atomic mass is 10.1. The number of carbonyl (C=O) groups is 2. The normalized spacial score (nSPS) is 10.4. The summed E-state index contributed by atoms with van der Waals surface area (Å²) in [7, 11) is 3.52. The lowest BCUT2D eigenvalue weighted by Gasteiger charge is -2.13. The van der Waals surface area contributed by atoms with Crippen molar-refractivity contribution in [1.29, 1.82) is 0 Å². The molecule has 3 aromatic carbocycles. The SMILES string of the molecule is CN(C)C(=O)CCc1ccc(NCC(=O)Nc2ccccc2OCCCc2ccccc2)cc1. The number of nitrogens with one attached hydrogen (secondary N) is 2. The molecule has 0 aliphatic carbocycles. The molecule has 0 unspecified atom stereocenters. The summed E-state index contributed by atoms with van der Waals surface area (Å²) in [6.07, 6.45) is 3.02. The molecule has 0 atom stereocenters. The van der Waals surface area contributed by atoms with Crippen molar-refractivity contribution < 1.29 is 14.3 Å². The van der Waals surface area contributed by atoms with Gasteiger partial charge in [-0.25, -0.2) is 0 Å². The summed E-state index contributed by atoms with van der Waals surface area (Å²) in [6.45, 7) is 0.716. The van der Waals surface area contributed by atoms with E-state index in [0.29, 0.717) is 30.9 Å². The van der Waals surface area contributed by atoms with Gasteiger partial charge < -0.3 is 20.3 Å². The van der Waals surface area contributed by atoms with Crippen molar-refractivity contribution in [2.24, 2.45) is 0 Å². The minimum absolute atomic E-state index is 0.110. The van der Waals surface area contributed by atoms with Crippen LogP contribution in [-0.4, -0.2) is 44.0 Å². The summed E-state index contributed by atoms with van der Waals surface area (Å²) in [5.41, 5.74) is 3.88. The average molecular weight is 460 g/mol. The molecule has 0 spiro atoms. The molecular weight excluding hydrogens is 426 g/mol. The monoisotopic (exact) mass is 459 g/mol. The smallest absolute Gasteiger partial charge is 0.243 e. The fourth-order valence-electron chi connectivity index (χ4n) is 3.44. The van der Waals surface area contributed by atoms with Crippen molar-refractivity contribution in [3.05, 3.63) is 90.0 Å². The van der Waals surface area contributed by atoms with Gasteiger partial charge in [-0.05, 0) is 54.7 Å². The largest absolute Gasteiger partial charge is 0.491 e. The van der Waals surface area contributed by atoms with Crippen LogP contribution < -0.4 is 15.4 Å². The van der Waals surface area contributed by atoms with E-state index in [-0.39, 0.29) is 18.4 Å². The molecule has 6 nitrogen and oxygen atoms in total. The van der Waals surface area contributed by atoms with E-state index in [1.165, 1.54) is 5.56 Å². The van der Waals surface area contributed by atoms with E-state index in [9.17, 15) is 9.59 Å². The molecule has 6 heteroatoms. The van der Waals surface area contributed by atoms with Crippen molar-refractivity contribution in [1.82, 2.24) is 4.90 Å². The van der Waals surface area contributed by atoms with Gasteiger partial charge in [-0.2, -0.15) is 0 Å². The molecule has 34 heavy (non-hydrogen) atoms. The van der Waals surface area contributed by atoms with Crippen LogP contribution in [0, 0.1) is 0 Å². The van der Waals surface area contributed by atoms with Crippen LogP contribution in [0.25, 0.3) is 0 Å². The number of nitrogens with zero attached hydrogens (tertiary/aromatic N) is 1. The minimum atomic E-state index is -0.152. The number of benzene rings is 3. The summed E-state index contributed by atoms with van der Waals surface area (Å²) >= 11 is 0. The molecule has 0 bridgehead atoms. The zero-order chi connectivity index (χ0) is 24.2. The minimum Gasteiger partial charge on any atom is -0.491 e. The third kappa shape index (κ3) is 8.28. The molecule has 3 rings (SSSR count). The standard InChI is InChI=1S/C28H33N3O3/c1-31(2)28(33)19-16-23-14-17-24(18-15-23)29-21-27(32)30-25-12-6-7-13-26(25)34-20-8-11-22-9-4-3-5-10-22/h3-7,9-10,12-15,17-18,29H,8,11,16,19-21H2,1-2H3,(H,30,32). The Morgan fingerprint density at radius 1 is 0.824 bits per heavy atom. The van der Waals surface area contributed by atoms with E-state index in [0.717, 1.165) is 24.1 Å². The first kappa shape index (κ1) is 24.8. The molecule has 0 saturated heterocycles. The Balaban J connectivity index is 1.42. The molecule has 0 aliphatic heterocycles. The second-order valence-electron chi connectivity index (χ2n) is 8.32. The first-order valence-corrected chi connectivity index (χ1v) is 11.6. The number of amides is 2. The first-order valence-electron chi connectivity index (χ1n) is 11.6. The van der Waals surface area contributed by atoms with Gasteiger partial charge in [-0.1, -0.05) is 54.6 Å². The topological polar surface area (TPSA) is 70.7 Å². The van der Waals surface area contributed by atoms with Crippen LogP contribution in [-0.2, 0) is 22.4 Å². The van der Waals surface area contributed by atoms with Crippen LogP contribution in [0.15, 0.2) is 78.9 Å². The van der Waals surface area contributed by atoms with Crippen LogP contribution in [0.5, 0.6) is 5.75 Å². The highest BCUT2D eigenvalue weighted by molar-refractivity contribution is 5.95. The Morgan fingerprint density at radius 2 is 1.50 bits per heavy atom. The maximum absolute atomic E-state index is 12.5. The fraction of sp³-hybridized carbons (Fsp3) is 0.286. The lowest BCUT2D eigenvalue weighted by molar-refractivity contribution is -0.128. The van der Waals surface area contributed by atoms with Crippen molar-refractivity contribution in [3.8, 4) is 5.75 Å². The van der Waals surface area contributed by atoms with Crippen LogP contribution in [0.4, 0.5) is 11.4 Å². The van der Waals surface area contributed by atoms with E-state index < -0.39 is 0 Å². The molecule has 2 amide bonds. The predicted molar refractivity (Wildman–Crippen MR) is 137 cm³/mol. The summed E-state index contributed by atoms with van der Waals surface area (Å²) in [6, 6.07) is 25.6. The zero-order valence-electron chi connectivity index (χ0n) is 19.9. The van der Waals surface area contributed by atoms with Gasteiger partial charge in [-0.3, -0.25) is 9.59 Å². The third-order valence-corrected chi connectivity index (χ3v) is 5.40. The highest BCUT2D eigenvalue weighted by atomic mass is 16.5. The van der Waals surface area contributed by atoms with E-state index >= 15 is 0 Å². The van der Waals surface area contributed by atoms with Gasteiger partial charge in [-0.15, -0.1) is 0 Å².